The number of halogens is 2. The molecule has 0 spiro atoms. The Morgan fingerprint density at radius 2 is 1.95 bits per heavy atom. The van der Waals surface area contributed by atoms with Gasteiger partial charge in [-0.3, -0.25) is 0 Å². The Kier molecular flexibility index (Phi) is 5.94. The van der Waals surface area contributed by atoms with Crippen molar-refractivity contribution in [3.8, 4) is 0 Å². The molecule has 1 saturated heterocycles. The molecule has 1 atom stereocenters. The van der Waals surface area contributed by atoms with Gasteiger partial charge in [0, 0.05) is 12.6 Å². The van der Waals surface area contributed by atoms with Gasteiger partial charge in [-0.05, 0) is 56.5 Å². The molecule has 4 nitrogen and oxygen atoms in total. The van der Waals surface area contributed by atoms with Crippen molar-refractivity contribution in [2.75, 3.05) is 13.1 Å². The highest BCUT2D eigenvalue weighted by Crippen LogP contribution is 2.18. The minimum absolute atomic E-state index is 0. The van der Waals surface area contributed by atoms with Gasteiger partial charge < -0.3 is 5.32 Å². The molecule has 20 heavy (non-hydrogen) atoms. The fraction of sp³-hybridized carbons (Fsp3) is 0.538. The Morgan fingerprint density at radius 1 is 1.35 bits per heavy atom. The van der Waals surface area contributed by atoms with Crippen LogP contribution in [-0.2, 0) is 10.0 Å². The minimum Gasteiger partial charge on any atom is -0.313 e. The fourth-order valence-electron chi connectivity index (χ4n) is 2.29. The van der Waals surface area contributed by atoms with Gasteiger partial charge in [0.2, 0.25) is 10.0 Å². The van der Waals surface area contributed by atoms with Crippen LogP contribution in [0.4, 0.5) is 4.39 Å². The van der Waals surface area contributed by atoms with Crippen molar-refractivity contribution in [2.45, 2.75) is 37.6 Å². The van der Waals surface area contributed by atoms with Gasteiger partial charge in [0.05, 0.1) is 4.90 Å². The normalized spacial score (nSPS) is 18.9. The van der Waals surface area contributed by atoms with Gasteiger partial charge in [-0.15, -0.1) is 12.4 Å². The first-order chi connectivity index (χ1) is 8.90. The first kappa shape index (κ1) is 17.4. The van der Waals surface area contributed by atoms with Gasteiger partial charge in [-0.2, -0.15) is 0 Å². The maximum Gasteiger partial charge on any atom is 0.240 e. The Balaban J connectivity index is 0.00000200. The number of sulfonamides is 1. The fourth-order valence-corrected chi connectivity index (χ4v) is 3.54. The van der Waals surface area contributed by atoms with Crippen LogP contribution in [0.3, 0.4) is 0 Å². The van der Waals surface area contributed by atoms with Crippen LogP contribution in [0.15, 0.2) is 17.0 Å². The Labute approximate surface area is 125 Å². The molecule has 114 valence electrons. The molecule has 0 aromatic heterocycles. The van der Waals surface area contributed by atoms with Gasteiger partial charge in [-0.1, -0.05) is 0 Å². The van der Waals surface area contributed by atoms with Gasteiger partial charge in [0.25, 0.3) is 0 Å². The van der Waals surface area contributed by atoms with Crippen LogP contribution in [0.5, 0.6) is 0 Å². The topological polar surface area (TPSA) is 58.2 Å². The third-order valence-corrected chi connectivity index (χ3v) is 4.81. The zero-order chi connectivity index (χ0) is 14.0. The molecule has 1 aromatic carbocycles. The molecule has 1 aromatic rings. The number of benzene rings is 1. The predicted molar refractivity (Wildman–Crippen MR) is 79.3 cm³/mol. The van der Waals surface area contributed by atoms with Crippen LogP contribution in [0.2, 0.25) is 0 Å². The van der Waals surface area contributed by atoms with Crippen molar-refractivity contribution < 1.29 is 12.8 Å². The molecule has 0 saturated carbocycles. The Hall–Kier alpha value is -0.690. The van der Waals surface area contributed by atoms with E-state index in [1.54, 1.807) is 13.8 Å². The average molecular weight is 323 g/mol. The highest BCUT2D eigenvalue weighted by molar-refractivity contribution is 7.89. The van der Waals surface area contributed by atoms with E-state index < -0.39 is 10.0 Å². The summed E-state index contributed by atoms with van der Waals surface area (Å²) in [6, 6.07) is 2.93. The summed E-state index contributed by atoms with van der Waals surface area (Å²) in [5, 5.41) is 3.23. The molecule has 1 unspecified atom stereocenters. The third-order valence-electron chi connectivity index (χ3n) is 3.40. The van der Waals surface area contributed by atoms with Crippen LogP contribution in [-0.4, -0.2) is 27.5 Å². The summed E-state index contributed by atoms with van der Waals surface area (Å²) in [6.45, 7) is 4.44. The maximum atomic E-state index is 13.5. The Bertz CT molecular complexity index is 549. The molecule has 7 heteroatoms. The predicted octanol–water partition coefficient (Wildman–Crippen LogP) is 1.89. The van der Waals surface area contributed by atoms with Gasteiger partial charge in [-0.25, -0.2) is 17.5 Å². The molecular weight excluding hydrogens is 303 g/mol. The summed E-state index contributed by atoms with van der Waals surface area (Å²) < 4.78 is 40.4. The first-order valence-corrected chi connectivity index (χ1v) is 7.88. The van der Waals surface area contributed by atoms with Crippen molar-refractivity contribution >= 4 is 22.4 Å². The largest absolute Gasteiger partial charge is 0.313 e. The van der Waals surface area contributed by atoms with E-state index in [1.165, 1.54) is 12.1 Å². The van der Waals surface area contributed by atoms with Crippen LogP contribution < -0.4 is 10.0 Å². The van der Waals surface area contributed by atoms with Crippen LogP contribution in [0.25, 0.3) is 0 Å². The summed E-state index contributed by atoms with van der Waals surface area (Å²) in [4.78, 5) is 0.127. The smallest absolute Gasteiger partial charge is 0.240 e. The highest BCUT2D eigenvalue weighted by Gasteiger charge is 2.20. The molecule has 0 bridgehead atoms. The minimum atomic E-state index is -3.57. The second-order valence-electron chi connectivity index (χ2n) is 5.02. The molecule has 1 aliphatic heterocycles. The van der Waals surface area contributed by atoms with E-state index in [-0.39, 0.29) is 29.2 Å². The number of hydrogen-bond acceptors (Lipinski definition) is 3. The van der Waals surface area contributed by atoms with Crippen molar-refractivity contribution in [3.05, 3.63) is 29.1 Å². The van der Waals surface area contributed by atoms with E-state index in [4.69, 9.17) is 0 Å². The summed E-state index contributed by atoms with van der Waals surface area (Å²) in [5.74, 6) is -0.351. The molecule has 0 amide bonds. The molecule has 1 fully saturated rings. The van der Waals surface area contributed by atoms with E-state index >= 15 is 0 Å². The lowest BCUT2D eigenvalue weighted by atomic mass is 10.1. The quantitative estimate of drug-likeness (QED) is 0.890. The molecular formula is C13H20ClFN2O2S. The van der Waals surface area contributed by atoms with Gasteiger partial charge in [0.1, 0.15) is 5.82 Å². The Morgan fingerprint density at radius 3 is 2.45 bits per heavy atom. The lowest BCUT2D eigenvalue weighted by Gasteiger charge is -2.13. The molecule has 0 radical (unpaired) electrons. The zero-order valence-electron chi connectivity index (χ0n) is 11.6. The van der Waals surface area contributed by atoms with Crippen molar-refractivity contribution in [3.63, 3.8) is 0 Å². The van der Waals surface area contributed by atoms with E-state index in [1.807, 2.05) is 0 Å². The van der Waals surface area contributed by atoms with E-state index in [0.717, 1.165) is 19.4 Å². The van der Waals surface area contributed by atoms with Crippen LogP contribution >= 0.6 is 12.4 Å². The molecule has 2 rings (SSSR count). The first-order valence-electron chi connectivity index (χ1n) is 6.40. The summed E-state index contributed by atoms with van der Waals surface area (Å²) in [5.41, 5.74) is 0.693. The van der Waals surface area contributed by atoms with Crippen molar-refractivity contribution in [1.82, 2.24) is 10.0 Å². The van der Waals surface area contributed by atoms with Gasteiger partial charge >= 0.3 is 0 Å². The lowest BCUT2D eigenvalue weighted by Crippen LogP contribution is -2.37. The molecule has 1 heterocycles. The summed E-state index contributed by atoms with van der Waals surface area (Å²) >= 11 is 0. The second kappa shape index (κ2) is 6.85. The second-order valence-corrected chi connectivity index (χ2v) is 6.78. The molecule has 1 aliphatic rings. The van der Waals surface area contributed by atoms with Crippen LogP contribution in [0, 0.1) is 19.7 Å². The molecule has 0 aliphatic carbocycles. The SMILES string of the molecule is Cc1cc(S(=O)(=O)NCC2CCCN2)cc(C)c1F.Cl. The summed E-state index contributed by atoms with van der Waals surface area (Å²) in [6.07, 6.45) is 2.05. The number of rotatable bonds is 4. The maximum absolute atomic E-state index is 13.5. The number of aryl methyl sites for hydroxylation is 2. The monoisotopic (exact) mass is 322 g/mol. The number of hydrogen-bond donors (Lipinski definition) is 2. The van der Waals surface area contributed by atoms with Crippen molar-refractivity contribution in [2.24, 2.45) is 0 Å². The van der Waals surface area contributed by atoms with E-state index in [9.17, 15) is 12.8 Å². The number of nitrogens with one attached hydrogen (secondary N) is 2. The third kappa shape index (κ3) is 3.91. The highest BCUT2D eigenvalue weighted by atomic mass is 35.5. The van der Waals surface area contributed by atoms with Crippen LogP contribution in [0.1, 0.15) is 24.0 Å². The zero-order valence-corrected chi connectivity index (χ0v) is 13.2. The molecule has 2 N–H and O–H groups in total. The van der Waals surface area contributed by atoms with Crippen molar-refractivity contribution in [1.29, 1.82) is 0 Å². The van der Waals surface area contributed by atoms with Gasteiger partial charge in [0.15, 0.2) is 0 Å². The van der Waals surface area contributed by atoms with E-state index in [0.29, 0.717) is 17.7 Å². The summed E-state index contributed by atoms with van der Waals surface area (Å²) in [7, 11) is -3.57. The standard InChI is InChI=1S/C13H19FN2O2S.ClH/c1-9-6-12(7-10(2)13(9)14)19(17,18)16-8-11-4-3-5-15-11;/h6-7,11,15-16H,3-5,8H2,1-2H3;1H. The van der Waals surface area contributed by atoms with E-state index in [2.05, 4.69) is 10.0 Å². The average Bonchev–Trinajstić information content (AvgIpc) is 2.86. The lowest BCUT2D eigenvalue weighted by molar-refractivity contribution is 0.551.